The Morgan fingerprint density at radius 1 is 0.803 bits per heavy atom. The minimum absolute atomic E-state index is 0.0702. The predicted molar refractivity (Wildman–Crippen MR) is 252 cm³/mol. The van der Waals surface area contributed by atoms with Gasteiger partial charge >= 0.3 is 0 Å². The third kappa shape index (κ3) is 8.23. The maximum Gasteiger partial charge on any atom is 0.262 e. The molecule has 7 heterocycles. The van der Waals surface area contributed by atoms with Crippen molar-refractivity contribution in [3.63, 3.8) is 0 Å². The number of hydrazine groups is 1. The van der Waals surface area contributed by atoms with Crippen molar-refractivity contribution >= 4 is 86.6 Å². The molecule has 10 rings (SSSR count). The molecule has 17 nitrogen and oxygen atoms in total. The molecule has 18 heteroatoms. The molecule has 0 spiro atoms. The standard InChI is InChI=1S/C48H52N12O5S/c1-27-5-4-6-28(2)40(27)52-41-37-25-49-48(53-42(37)56(3)54-41)50-33-8-7-29-17-22-59(26-32(29)23-33)55-44(66)30-13-20-58(21-14-30)45(63)31-15-18-57(19-16-31)34-9-10-35-36(24-34)47(65)60(46(35)64)38-11-12-39(61)51-43(38)62/h4-10,23-25,30-31,38H,11-22,26H2,1-3H3,(H,52,54)(H,55,66)(H,49,50,53)(H,51,61,62). The van der Waals surface area contributed by atoms with Crippen LogP contribution < -0.4 is 26.3 Å². The number of likely N-dealkylation sites (tertiary alicyclic amines) is 1. The second kappa shape index (κ2) is 17.5. The number of nitrogens with zero attached hydrogens (tertiary/aromatic N) is 8. The van der Waals surface area contributed by atoms with Crippen LogP contribution in [0.3, 0.4) is 0 Å². The average molecular weight is 909 g/mol. The molecular weight excluding hydrogens is 857 g/mol. The number of amides is 5. The van der Waals surface area contributed by atoms with Gasteiger partial charge in [0.2, 0.25) is 23.7 Å². The zero-order valence-electron chi connectivity index (χ0n) is 37.2. The van der Waals surface area contributed by atoms with Crippen molar-refractivity contribution in [1.82, 2.24) is 45.3 Å². The van der Waals surface area contributed by atoms with E-state index in [2.05, 4.69) is 80.4 Å². The highest BCUT2D eigenvalue weighted by molar-refractivity contribution is 7.80. The average Bonchev–Trinajstić information content (AvgIpc) is 3.76. The smallest absolute Gasteiger partial charge is 0.262 e. The van der Waals surface area contributed by atoms with Crippen molar-refractivity contribution in [1.29, 1.82) is 0 Å². The summed E-state index contributed by atoms with van der Waals surface area (Å²) in [6.07, 6.45) is 5.84. The maximum atomic E-state index is 13.8. The molecule has 1 atom stereocenters. The first kappa shape index (κ1) is 43.1. The van der Waals surface area contributed by atoms with Crippen LogP contribution in [0.2, 0.25) is 0 Å². The molecular formula is C48H52N12O5S. The number of hydrogen-bond donors (Lipinski definition) is 4. The molecule has 340 valence electrons. The number of carbonyl (C=O) groups is 5. The van der Waals surface area contributed by atoms with Gasteiger partial charge in [-0.1, -0.05) is 36.5 Å². The van der Waals surface area contributed by atoms with Gasteiger partial charge in [0, 0.05) is 87.8 Å². The number of nitrogens with one attached hydrogen (secondary N) is 4. The molecule has 5 amide bonds. The number of piperidine rings is 3. The van der Waals surface area contributed by atoms with Crippen LogP contribution in [0.15, 0.2) is 60.8 Å². The second-order valence-electron chi connectivity index (χ2n) is 18.1. The minimum atomic E-state index is -1.01. The number of rotatable bonds is 9. The number of aromatic nitrogens is 4. The molecule has 3 fully saturated rings. The van der Waals surface area contributed by atoms with E-state index in [-0.39, 0.29) is 41.7 Å². The Balaban J connectivity index is 0.693. The monoisotopic (exact) mass is 908 g/mol. The van der Waals surface area contributed by atoms with E-state index in [1.165, 1.54) is 11.1 Å². The van der Waals surface area contributed by atoms with E-state index >= 15 is 0 Å². The van der Waals surface area contributed by atoms with Gasteiger partial charge in [-0.2, -0.15) is 10.1 Å². The van der Waals surface area contributed by atoms with Gasteiger partial charge in [0.1, 0.15) is 6.04 Å². The van der Waals surface area contributed by atoms with Crippen LogP contribution in [0.25, 0.3) is 11.0 Å². The maximum absolute atomic E-state index is 13.8. The van der Waals surface area contributed by atoms with Crippen LogP contribution in [-0.4, -0.2) is 108 Å². The van der Waals surface area contributed by atoms with E-state index in [9.17, 15) is 24.0 Å². The highest BCUT2D eigenvalue weighted by Crippen LogP contribution is 2.34. The van der Waals surface area contributed by atoms with Gasteiger partial charge < -0.3 is 25.9 Å². The van der Waals surface area contributed by atoms with Crippen molar-refractivity contribution in [3.05, 3.63) is 94.2 Å². The molecule has 2 aromatic heterocycles. The summed E-state index contributed by atoms with van der Waals surface area (Å²) in [7, 11) is 1.88. The third-order valence-corrected chi connectivity index (χ3v) is 14.3. The fourth-order valence-electron chi connectivity index (χ4n) is 10.1. The summed E-state index contributed by atoms with van der Waals surface area (Å²) >= 11 is 5.97. The Labute approximate surface area is 387 Å². The number of imide groups is 2. The highest BCUT2D eigenvalue weighted by atomic mass is 32.1. The van der Waals surface area contributed by atoms with Gasteiger partial charge in [0.05, 0.1) is 21.5 Å². The number of carbonyl (C=O) groups excluding carboxylic acids is 5. The lowest BCUT2D eigenvalue weighted by molar-refractivity contribution is -0.138. The van der Waals surface area contributed by atoms with E-state index in [0.717, 1.165) is 74.9 Å². The molecule has 3 saturated heterocycles. The largest absolute Gasteiger partial charge is 0.371 e. The van der Waals surface area contributed by atoms with Gasteiger partial charge in [-0.05, 0) is 105 Å². The zero-order chi connectivity index (χ0) is 45.8. The van der Waals surface area contributed by atoms with Crippen molar-refractivity contribution in [3.8, 4) is 0 Å². The molecule has 0 radical (unpaired) electrons. The summed E-state index contributed by atoms with van der Waals surface area (Å²) in [5, 5.41) is 16.9. The van der Waals surface area contributed by atoms with Crippen LogP contribution in [-0.2, 0) is 34.4 Å². The Hall–Kier alpha value is -6.79. The summed E-state index contributed by atoms with van der Waals surface area (Å²) in [4.78, 5) is 79.9. The van der Waals surface area contributed by atoms with Gasteiger partial charge in [-0.3, -0.25) is 34.2 Å². The molecule has 5 aliphatic heterocycles. The van der Waals surface area contributed by atoms with Crippen molar-refractivity contribution < 1.29 is 24.0 Å². The van der Waals surface area contributed by atoms with Crippen molar-refractivity contribution in [2.24, 2.45) is 18.9 Å². The fraction of sp³-hybridized carbons (Fsp3) is 0.396. The van der Waals surface area contributed by atoms with E-state index in [0.29, 0.717) is 57.3 Å². The summed E-state index contributed by atoms with van der Waals surface area (Å²) in [5.41, 5.74) is 12.3. The minimum Gasteiger partial charge on any atom is -0.371 e. The van der Waals surface area contributed by atoms with Gasteiger partial charge in [0.25, 0.3) is 11.8 Å². The Bertz CT molecular complexity index is 2810. The van der Waals surface area contributed by atoms with Crippen LogP contribution in [0.4, 0.5) is 28.8 Å². The SMILES string of the molecule is Cc1cccc(C)c1Nc1nn(C)c2nc(Nc3ccc4c(c3)CN(NC(=S)C3CCN(C(=O)C5CCN(c6ccc7c(c6)C(=O)N(C6CCC(=O)NC6=O)C7=O)CC5)CC3)CC4)ncc12. The van der Waals surface area contributed by atoms with Crippen LogP contribution in [0.5, 0.6) is 0 Å². The van der Waals surface area contributed by atoms with Gasteiger partial charge in [-0.25, -0.2) is 14.7 Å². The molecule has 66 heavy (non-hydrogen) atoms. The van der Waals surface area contributed by atoms with E-state index in [4.69, 9.17) is 22.3 Å². The summed E-state index contributed by atoms with van der Waals surface area (Å²) in [6.45, 7) is 8.26. The molecule has 1 unspecified atom stereocenters. The number of hydrogen-bond acceptors (Lipinski definition) is 13. The quantitative estimate of drug-likeness (QED) is 0.111. The van der Waals surface area contributed by atoms with Crippen molar-refractivity contribution in [2.75, 3.05) is 48.3 Å². The van der Waals surface area contributed by atoms with Gasteiger partial charge in [0.15, 0.2) is 11.5 Å². The number of anilines is 5. The first-order valence-corrected chi connectivity index (χ1v) is 23.2. The topological polar surface area (TPSA) is 190 Å². The number of thiocarbonyl (C=S) groups is 1. The molecule has 3 aromatic carbocycles. The summed E-state index contributed by atoms with van der Waals surface area (Å²) in [6, 6.07) is 16.7. The Kier molecular flexibility index (Phi) is 11.5. The number of aryl methyl sites for hydroxylation is 3. The number of para-hydroxylation sites is 1. The molecule has 5 aromatic rings. The second-order valence-corrected chi connectivity index (χ2v) is 18.5. The Morgan fingerprint density at radius 3 is 2.30 bits per heavy atom. The molecule has 4 N–H and O–H groups in total. The predicted octanol–water partition coefficient (Wildman–Crippen LogP) is 5.21. The zero-order valence-corrected chi connectivity index (χ0v) is 38.0. The number of fused-ring (bicyclic) bond motifs is 3. The van der Waals surface area contributed by atoms with E-state index < -0.39 is 29.7 Å². The molecule has 0 saturated carbocycles. The van der Waals surface area contributed by atoms with Gasteiger partial charge in [-0.15, -0.1) is 0 Å². The van der Waals surface area contributed by atoms with Crippen LogP contribution in [0.1, 0.15) is 81.5 Å². The molecule has 0 aliphatic carbocycles. The van der Waals surface area contributed by atoms with E-state index in [1.54, 1.807) is 23.0 Å². The van der Waals surface area contributed by atoms with Crippen LogP contribution >= 0.6 is 12.2 Å². The molecule has 5 aliphatic rings. The fourth-order valence-corrected chi connectivity index (χ4v) is 10.5. The third-order valence-electron chi connectivity index (χ3n) is 13.9. The highest BCUT2D eigenvalue weighted by Gasteiger charge is 2.45. The lowest BCUT2D eigenvalue weighted by Crippen LogP contribution is -2.54. The summed E-state index contributed by atoms with van der Waals surface area (Å²) < 4.78 is 1.77. The van der Waals surface area contributed by atoms with E-state index in [1.807, 2.05) is 24.1 Å². The van der Waals surface area contributed by atoms with Crippen LogP contribution in [0, 0.1) is 25.7 Å². The molecule has 0 bridgehead atoms. The first-order chi connectivity index (χ1) is 31.9. The first-order valence-electron chi connectivity index (χ1n) is 22.7. The lowest BCUT2D eigenvalue weighted by Gasteiger charge is -2.39. The normalized spacial score (nSPS) is 19.5. The summed E-state index contributed by atoms with van der Waals surface area (Å²) in [5.74, 6) is -0.624. The lowest BCUT2D eigenvalue weighted by atomic mass is 9.91. The van der Waals surface area contributed by atoms with Crippen molar-refractivity contribution in [2.45, 2.75) is 71.4 Å². The number of benzene rings is 3. The Morgan fingerprint density at radius 2 is 1.55 bits per heavy atom.